The number of nitrogen functional groups attached to an aromatic ring is 1. The largest absolute Gasteiger partial charge is 0.398 e. The summed E-state index contributed by atoms with van der Waals surface area (Å²) in [6.07, 6.45) is 2.33. The Morgan fingerprint density at radius 1 is 1.50 bits per heavy atom. The number of hydrogen-bond acceptors (Lipinski definition) is 3. The zero-order chi connectivity index (χ0) is 13.0. The number of piperidine rings is 1. The van der Waals surface area contributed by atoms with Crippen LogP contribution in [0.5, 0.6) is 0 Å². The van der Waals surface area contributed by atoms with E-state index in [4.69, 9.17) is 10.5 Å². The fraction of sp³-hybridized carbons (Fsp3) is 0.571. The molecule has 0 bridgehead atoms. The standard InChI is InChI=1S/C14H21FN2O/c1-18-10-11-4-3-7-17(8-11)9-12-13(15)5-2-6-14(12)16/h2,5-6,11H,3-4,7-10,16H2,1H3. The summed E-state index contributed by atoms with van der Waals surface area (Å²) in [5.74, 6) is 0.348. The third-order valence-corrected chi connectivity index (χ3v) is 3.54. The molecule has 2 N–H and O–H groups in total. The number of benzene rings is 1. The molecule has 100 valence electrons. The molecule has 0 saturated carbocycles. The molecule has 3 nitrogen and oxygen atoms in total. The van der Waals surface area contributed by atoms with Crippen molar-refractivity contribution in [2.45, 2.75) is 19.4 Å². The zero-order valence-electron chi connectivity index (χ0n) is 10.9. The van der Waals surface area contributed by atoms with Gasteiger partial charge in [0.25, 0.3) is 0 Å². The second kappa shape index (κ2) is 6.16. The quantitative estimate of drug-likeness (QED) is 0.835. The second-order valence-electron chi connectivity index (χ2n) is 5.01. The Bertz CT molecular complexity index is 375. The molecule has 0 radical (unpaired) electrons. The van der Waals surface area contributed by atoms with Crippen LogP contribution in [0.3, 0.4) is 0 Å². The fourth-order valence-corrected chi connectivity index (χ4v) is 2.63. The summed E-state index contributed by atoms with van der Waals surface area (Å²) in [5, 5.41) is 0. The molecular formula is C14H21FN2O. The zero-order valence-corrected chi connectivity index (χ0v) is 10.9. The molecule has 1 aromatic rings. The lowest BCUT2D eigenvalue weighted by Crippen LogP contribution is -2.36. The van der Waals surface area contributed by atoms with Crippen molar-refractivity contribution >= 4 is 5.69 Å². The normalized spacial score (nSPS) is 21.1. The van der Waals surface area contributed by atoms with E-state index in [-0.39, 0.29) is 5.82 Å². The molecule has 4 heteroatoms. The number of hydrogen-bond donors (Lipinski definition) is 1. The van der Waals surface area contributed by atoms with Gasteiger partial charge in [-0.15, -0.1) is 0 Å². The average molecular weight is 252 g/mol. The number of nitrogens with two attached hydrogens (primary N) is 1. The van der Waals surface area contributed by atoms with E-state index in [2.05, 4.69) is 4.90 Å². The van der Waals surface area contributed by atoms with Crippen molar-refractivity contribution in [1.29, 1.82) is 0 Å². The van der Waals surface area contributed by atoms with Crippen LogP contribution in [-0.2, 0) is 11.3 Å². The lowest BCUT2D eigenvalue weighted by Gasteiger charge is -2.32. The van der Waals surface area contributed by atoms with E-state index < -0.39 is 0 Å². The lowest BCUT2D eigenvalue weighted by atomic mass is 9.98. The summed E-state index contributed by atoms with van der Waals surface area (Å²) >= 11 is 0. The van der Waals surface area contributed by atoms with Crippen LogP contribution in [0.4, 0.5) is 10.1 Å². The predicted molar refractivity (Wildman–Crippen MR) is 70.7 cm³/mol. The molecule has 1 heterocycles. The van der Waals surface area contributed by atoms with Gasteiger partial charge in [-0.1, -0.05) is 6.07 Å². The molecule has 1 aliphatic rings. The van der Waals surface area contributed by atoms with Gasteiger partial charge in [0.15, 0.2) is 0 Å². The Kier molecular flexibility index (Phi) is 4.55. The Morgan fingerprint density at radius 3 is 3.06 bits per heavy atom. The van der Waals surface area contributed by atoms with Gasteiger partial charge in [-0.05, 0) is 37.4 Å². The molecule has 0 aromatic heterocycles. The first kappa shape index (κ1) is 13.3. The molecule has 0 spiro atoms. The molecule has 0 aliphatic carbocycles. The van der Waals surface area contributed by atoms with Gasteiger partial charge in [0.2, 0.25) is 0 Å². The number of halogens is 1. The van der Waals surface area contributed by atoms with Crippen LogP contribution in [0.25, 0.3) is 0 Å². The number of rotatable bonds is 4. The van der Waals surface area contributed by atoms with Gasteiger partial charge in [-0.2, -0.15) is 0 Å². The number of likely N-dealkylation sites (tertiary alicyclic amines) is 1. The highest BCUT2D eigenvalue weighted by Gasteiger charge is 2.21. The third-order valence-electron chi connectivity index (χ3n) is 3.54. The Morgan fingerprint density at radius 2 is 2.33 bits per heavy atom. The van der Waals surface area contributed by atoms with Gasteiger partial charge in [-0.3, -0.25) is 4.90 Å². The first-order valence-electron chi connectivity index (χ1n) is 6.45. The molecule has 1 aromatic carbocycles. The summed E-state index contributed by atoms with van der Waals surface area (Å²) in [6.45, 7) is 3.34. The molecule has 18 heavy (non-hydrogen) atoms. The van der Waals surface area contributed by atoms with Crippen LogP contribution in [0.2, 0.25) is 0 Å². The minimum absolute atomic E-state index is 0.205. The van der Waals surface area contributed by atoms with Gasteiger partial charge in [0.05, 0.1) is 6.61 Å². The number of ether oxygens (including phenoxy) is 1. The van der Waals surface area contributed by atoms with E-state index in [9.17, 15) is 4.39 Å². The second-order valence-corrected chi connectivity index (χ2v) is 5.01. The van der Waals surface area contributed by atoms with Gasteiger partial charge >= 0.3 is 0 Å². The van der Waals surface area contributed by atoms with Crippen LogP contribution in [-0.4, -0.2) is 31.7 Å². The van der Waals surface area contributed by atoms with E-state index in [0.29, 0.717) is 23.7 Å². The lowest BCUT2D eigenvalue weighted by molar-refractivity contribution is 0.0870. The minimum Gasteiger partial charge on any atom is -0.398 e. The van der Waals surface area contributed by atoms with Crippen LogP contribution in [0.15, 0.2) is 18.2 Å². The maximum Gasteiger partial charge on any atom is 0.129 e. The van der Waals surface area contributed by atoms with E-state index >= 15 is 0 Å². The highest BCUT2D eigenvalue weighted by atomic mass is 19.1. The monoisotopic (exact) mass is 252 g/mol. The highest BCUT2D eigenvalue weighted by Crippen LogP contribution is 2.22. The van der Waals surface area contributed by atoms with Gasteiger partial charge in [0, 0.05) is 31.5 Å². The van der Waals surface area contributed by atoms with Crippen LogP contribution in [0.1, 0.15) is 18.4 Å². The van der Waals surface area contributed by atoms with E-state index in [1.165, 1.54) is 12.5 Å². The Balaban J connectivity index is 2.00. The van der Waals surface area contributed by atoms with E-state index in [1.807, 2.05) is 0 Å². The summed E-state index contributed by atoms with van der Waals surface area (Å²) in [7, 11) is 1.73. The van der Waals surface area contributed by atoms with Crippen molar-refractivity contribution in [3.8, 4) is 0 Å². The van der Waals surface area contributed by atoms with Crippen molar-refractivity contribution in [2.75, 3.05) is 32.5 Å². The van der Waals surface area contributed by atoms with Gasteiger partial charge in [-0.25, -0.2) is 4.39 Å². The van der Waals surface area contributed by atoms with Crippen molar-refractivity contribution in [2.24, 2.45) is 5.92 Å². The molecule has 2 rings (SSSR count). The Hall–Kier alpha value is -1.13. The van der Waals surface area contributed by atoms with Crippen molar-refractivity contribution in [3.05, 3.63) is 29.6 Å². The SMILES string of the molecule is COCC1CCCN(Cc2c(N)cccc2F)C1. The van der Waals surface area contributed by atoms with Crippen molar-refractivity contribution in [1.82, 2.24) is 4.90 Å². The number of methoxy groups -OCH3 is 1. The first-order chi connectivity index (χ1) is 8.70. The van der Waals surface area contributed by atoms with E-state index in [1.54, 1.807) is 19.2 Å². The van der Waals surface area contributed by atoms with Gasteiger partial charge < -0.3 is 10.5 Å². The summed E-state index contributed by atoms with van der Waals surface area (Å²) < 4.78 is 18.9. The predicted octanol–water partition coefficient (Wildman–Crippen LogP) is 2.27. The number of nitrogens with zero attached hydrogens (tertiary/aromatic N) is 1. The molecule has 1 atom stereocenters. The molecule has 1 fully saturated rings. The number of anilines is 1. The van der Waals surface area contributed by atoms with Gasteiger partial charge in [0.1, 0.15) is 5.82 Å². The Labute approximate surface area is 108 Å². The molecule has 1 saturated heterocycles. The fourth-order valence-electron chi connectivity index (χ4n) is 2.63. The smallest absolute Gasteiger partial charge is 0.129 e. The average Bonchev–Trinajstić information content (AvgIpc) is 2.35. The van der Waals surface area contributed by atoms with E-state index in [0.717, 1.165) is 26.1 Å². The highest BCUT2D eigenvalue weighted by molar-refractivity contribution is 5.47. The van der Waals surface area contributed by atoms with Crippen molar-refractivity contribution < 1.29 is 9.13 Å². The maximum atomic E-state index is 13.7. The maximum absolute atomic E-state index is 13.7. The van der Waals surface area contributed by atoms with Crippen molar-refractivity contribution in [3.63, 3.8) is 0 Å². The summed E-state index contributed by atoms with van der Waals surface area (Å²) in [4.78, 5) is 2.27. The van der Waals surface area contributed by atoms with Crippen LogP contribution in [0, 0.1) is 11.7 Å². The first-order valence-corrected chi connectivity index (χ1v) is 6.45. The molecule has 1 aliphatic heterocycles. The minimum atomic E-state index is -0.205. The summed E-state index contributed by atoms with van der Waals surface area (Å²) in [6, 6.07) is 4.88. The molecule has 1 unspecified atom stereocenters. The third kappa shape index (κ3) is 3.21. The van der Waals surface area contributed by atoms with Crippen LogP contribution < -0.4 is 5.73 Å². The van der Waals surface area contributed by atoms with Crippen LogP contribution >= 0.6 is 0 Å². The summed E-state index contributed by atoms with van der Waals surface area (Å²) in [5.41, 5.74) is 7.01. The molecular weight excluding hydrogens is 231 g/mol. The molecule has 0 amide bonds. The topological polar surface area (TPSA) is 38.5 Å².